The molecule has 2 aromatic heterocycles. The minimum absolute atomic E-state index is 0.0824. The van der Waals surface area contributed by atoms with Gasteiger partial charge in [0.1, 0.15) is 11.5 Å². The lowest BCUT2D eigenvalue weighted by Gasteiger charge is -2.35. The van der Waals surface area contributed by atoms with Crippen molar-refractivity contribution < 1.29 is 26.8 Å². The predicted molar refractivity (Wildman–Crippen MR) is 123 cm³/mol. The van der Waals surface area contributed by atoms with Crippen molar-refractivity contribution in [3.05, 3.63) is 78.1 Å². The van der Waals surface area contributed by atoms with Gasteiger partial charge in [0.05, 0.1) is 37.1 Å². The summed E-state index contributed by atoms with van der Waals surface area (Å²) in [5, 5.41) is 0. The molecule has 9 nitrogen and oxygen atoms in total. The molecule has 0 saturated carbocycles. The summed E-state index contributed by atoms with van der Waals surface area (Å²) in [6.45, 7) is 3.51. The molecular weight excluding hydrogens is 458 g/mol. The highest BCUT2D eigenvalue weighted by Crippen LogP contribution is 2.19. The number of furan rings is 2. The third-order valence-corrected chi connectivity index (χ3v) is 7.68. The summed E-state index contributed by atoms with van der Waals surface area (Å²) in [6, 6.07) is 13.2. The van der Waals surface area contributed by atoms with Crippen LogP contribution in [-0.4, -0.2) is 66.9 Å². The van der Waals surface area contributed by atoms with Crippen molar-refractivity contribution in [3.63, 3.8) is 0 Å². The number of piperazine rings is 1. The topological polar surface area (TPSA) is 104 Å². The molecule has 1 fully saturated rings. The molecule has 1 aliphatic rings. The Morgan fingerprint density at radius 3 is 1.91 bits per heavy atom. The van der Waals surface area contributed by atoms with Crippen LogP contribution >= 0.6 is 0 Å². The maximum absolute atomic E-state index is 13.0. The molecular formula is C24H27N3O6S. The number of Topliss-reactive ketones (excluding diaryl/α,β-unsaturated/α-hetero) is 1. The van der Waals surface area contributed by atoms with Crippen LogP contribution in [0, 0.1) is 0 Å². The standard InChI is InChI=1S/C24H27N3O6S/c1-19(28)20-6-8-23(9-7-20)34(30,31)27-12-10-26(11-13-27)24(29)18-25(16-21-4-2-14-32-21)17-22-5-3-15-33-22/h2-9,14-15H,10-13,16-18H2,1H3. The van der Waals surface area contributed by atoms with Gasteiger partial charge < -0.3 is 13.7 Å². The molecule has 1 amide bonds. The molecule has 0 unspecified atom stereocenters. The second kappa shape index (κ2) is 10.4. The van der Waals surface area contributed by atoms with Gasteiger partial charge in [0.2, 0.25) is 15.9 Å². The Hall–Kier alpha value is -3.21. The fourth-order valence-corrected chi connectivity index (χ4v) is 5.32. The van der Waals surface area contributed by atoms with E-state index in [0.29, 0.717) is 31.7 Å². The second-order valence-electron chi connectivity index (χ2n) is 8.17. The number of carbonyl (C=O) groups is 2. The highest BCUT2D eigenvalue weighted by molar-refractivity contribution is 7.89. The first-order valence-corrected chi connectivity index (χ1v) is 12.4. The van der Waals surface area contributed by atoms with E-state index in [0.717, 1.165) is 11.5 Å². The number of nitrogens with zero attached hydrogens (tertiary/aromatic N) is 3. The van der Waals surface area contributed by atoms with Gasteiger partial charge in [0.25, 0.3) is 0 Å². The Balaban J connectivity index is 1.36. The van der Waals surface area contributed by atoms with Gasteiger partial charge >= 0.3 is 0 Å². The highest BCUT2D eigenvalue weighted by atomic mass is 32.2. The van der Waals surface area contributed by atoms with Crippen LogP contribution in [0.1, 0.15) is 28.8 Å². The summed E-state index contributed by atoms with van der Waals surface area (Å²) < 4.78 is 38.2. The first kappa shape index (κ1) is 23.9. The number of amides is 1. The zero-order chi connectivity index (χ0) is 24.1. The van der Waals surface area contributed by atoms with Gasteiger partial charge in [-0.3, -0.25) is 14.5 Å². The van der Waals surface area contributed by atoms with Crippen molar-refractivity contribution in [2.24, 2.45) is 0 Å². The molecule has 0 aliphatic carbocycles. The van der Waals surface area contributed by atoms with Gasteiger partial charge in [-0.05, 0) is 43.3 Å². The number of sulfonamides is 1. The van der Waals surface area contributed by atoms with Crippen LogP contribution in [-0.2, 0) is 27.9 Å². The fraction of sp³-hybridized carbons (Fsp3) is 0.333. The van der Waals surface area contributed by atoms with Crippen molar-refractivity contribution in [2.45, 2.75) is 24.9 Å². The van der Waals surface area contributed by atoms with E-state index in [9.17, 15) is 18.0 Å². The maximum Gasteiger partial charge on any atom is 0.243 e. The van der Waals surface area contributed by atoms with Crippen LogP contribution in [0.25, 0.3) is 0 Å². The Morgan fingerprint density at radius 2 is 1.44 bits per heavy atom. The number of rotatable bonds is 9. The molecule has 0 radical (unpaired) electrons. The van der Waals surface area contributed by atoms with Gasteiger partial charge in [0, 0.05) is 31.7 Å². The second-order valence-corrected chi connectivity index (χ2v) is 10.1. The largest absolute Gasteiger partial charge is 0.468 e. The van der Waals surface area contributed by atoms with Crippen LogP contribution in [0.5, 0.6) is 0 Å². The van der Waals surface area contributed by atoms with E-state index in [4.69, 9.17) is 8.83 Å². The zero-order valence-corrected chi connectivity index (χ0v) is 19.7. The minimum atomic E-state index is -3.70. The number of hydrogen-bond acceptors (Lipinski definition) is 7. The Kier molecular flexibility index (Phi) is 7.30. The number of carbonyl (C=O) groups excluding carboxylic acids is 2. The molecule has 10 heteroatoms. The summed E-state index contributed by atoms with van der Waals surface area (Å²) in [4.78, 5) is 28.2. The van der Waals surface area contributed by atoms with Crippen molar-refractivity contribution in [1.29, 1.82) is 0 Å². The summed E-state index contributed by atoms with van der Waals surface area (Å²) in [7, 11) is -3.70. The zero-order valence-electron chi connectivity index (χ0n) is 18.9. The lowest BCUT2D eigenvalue weighted by molar-refractivity contribution is -0.134. The van der Waals surface area contributed by atoms with Gasteiger partial charge in [-0.25, -0.2) is 8.42 Å². The van der Waals surface area contributed by atoms with E-state index in [1.807, 2.05) is 17.0 Å². The van der Waals surface area contributed by atoms with E-state index in [1.165, 1.54) is 35.5 Å². The van der Waals surface area contributed by atoms with Crippen molar-refractivity contribution in [3.8, 4) is 0 Å². The van der Waals surface area contributed by atoms with Crippen LogP contribution in [0.4, 0.5) is 0 Å². The van der Waals surface area contributed by atoms with Crippen LogP contribution in [0.3, 0.4) is 0 Å². The predicted octanol–water partition coefficient (Wildman–Crippen LogP) is 2.61. The molecule has 0 N–H and O–H groups in total. The normalized spacial score (nSPS) is 15.1. The van der Waals surface area contributed by atoms with Gasteiger partial charge in [-0.2, -0.15) is 4.31 Å². The van der Waals surface area contributed by atoms with Crippen LogP contribution < -0.4 is 0 Å². The minimum Gasteiger partial charge on any atom is -0.468 e. The molecule has 0 spiro atoms. The molecule has 1 aliphatic heterocycles. The lowest BCUT2D eigenvalue weighted by Crippen LogP contribution is -2.52. The molecule has 1 saturated heterocycles. The molecule has 0 atom stereocenters. The summed E-state index contributed by atoms with van der Waals surface area (Å²) in [5.41, 5.74) is 0.461. The monoisotopic (exact) mass is 485 g/mol. The average molecular weight is 486 g/mol. The van der Waals surface area contributed by atoms with E-state index in [-0.39, 0.29) is 36.2 Å². The first-order valence-electron chi connectivity index (χ1n) is 11.0. The molecule has 4 rings (SSSR count). The van der Waals surface area contributed by atoms with Crippen LogP contribution in [0.15, 0.2) is 74.8 Å². The SMILES string of the molecule is CC(=O)c1ccc(S(=O)(=O)N2CCN(C(=O)CN(Cc3ccco3)Cc3ccco3)CC2)cc1. The van der Waals surface area contributed by atoms with Crippen molar-refractivity contribution in [2.75, 3.05) is 32.7 Å². The smallest absolute Gasteiger partial charge is 0.243 e. The lowest BCUT2D eigenvalue weighted by atomic mass is 10.2. The quantitative estimate of drug-likeness (QED) is 0.429. The molecule has 34 heavy (non-hydrogen) atoms. The van der Waals surface area contributed by atoms with Gasteiger partial charge in [-0.15, -0.1) is 0 Å². The molecule has 3 heterocycles. The third kappa shape index (κ3) is 5.64. The van der Waals surface area contributed by atoms with Crippen molar-refractivity contribution in [1.82, 2.24) is 14.1 Å². The Morgan fingerprint density at radius 1 is 0.882 bits per heavy atom. The Labute approximate surface area is 198 Å². The molecule has 0 bridgehead atoms. The van der Waals surface area contributed by atoms with E-state index < -0.39 is 10.0 Å². The van der Waals surface area contributed by atoms with Crippen LogP contribution in [0.2, 0.25) is 0 Å². The summed E-state index contributed by atoms with van der Waals surface area (Å²) in [5.74, 6) is 1.28. The summed E-state index contributed by atoms with van der Waals surface area (Å²) >= 11 is 0. The molecule has 3 aromatic rings. The van der Waals surface area contributed by atoms with Gasteiger partial charge in [-0.1, -0.05) is 12.1 Å². The van der Waals surface area contributed by atoms with E-state index in [2.05, 4.69) is 0 Å². The molecule has 1 aromatic carbocycles. The highest BCUT2D eigenvalue weighted by Gasteiger charge is 2.30. The summed E-state index contributed by atoms with van der Waals surface area (Å²) in [6.07, 6.45) is 3.19. The fourth-order valence-electron chi connectivity index (χ4n) is 3.89. The third-order valence-electron chi connectivity index (χ3n) is 5.77. The average Bonchev–Trinajstić information content (AvgIpc) is 3.53. The number of hydrogen-bond donors (Lipinski definition) is 0. The molecule has 180 valence electrons. The Bertz CT molecular complexity index is 1160. The van der Waals surface area contributed by atoms with Gasteiger partial charge in [0.15, 0.2) is 5.78 Å². The number of benzene rings is 1. The van der Waals surface area contributed by atoms with E-state index >= 15 is 0 Å². The first-order chi connectivity index (χ1) is 16.3. The van der Waals surface area contributed by atoms with E-state index in [1.54, 1.807) is 29.6 Å². The maximum atomic E-state index is 13.0. The van der Waals surface area contributed by atoms with Crippen molar-refractivity contribution >= 4 is 21.7 Å². The number of ketones is 1.